The highest BCUT2D eigenvalue weighted by molar-refractivity contribution is 6.76. The maximum Gasteiger partial charge on any atom is 0.188 e. The normalized spacial score (nSPS) is 15.4. The van der Waals surface area contributed by atoms with Crippen LogP contribution in [-0.4, -0.2) is 56.4 Å². The molecular formula is C34H39N7O3Si. The second-order valence-corrected chi connectivity index (χ2v) is 18.5. The van der Waals surface area contributed by atoms with Gasteiger partial charge in [0.1, 0.15) is 18.7 Å². The van der Waals surface area contributed by atoms with Gasteiger partial charge in [0.05, 0.1) is 36.1 Å². The summed E-state index contributed by atoms with van der Waals surface area (Å²) in [7, 11) is -1.25. The molecule has 5 aromatic rings. The molecule has 0 amide bonds. The average molecular weight is 622 g/mol. The van der Waals surface area contributed by atoms with Crippen LogP contribution in [0.15, 0.2) is 67.3 Å². The molecule has 2 aromatic carbocycles. The van der Waals surface area contributed by atoms with E-state index in [1.54, 1.807) is 21.6 Å². The van der Waals surface area contributed by atoms with E-state index in [0.717, 1.165) is 65.1 Å². The van der Waals surface area contributed by atoms with Gasteiger partial charge < -0.3 is 9.47 Å². The Kier molecular flexibility index (Phi) is 9.07. The van der Waals surface area contributed by atoms with E-state index in [9.17, 15) is 10.1 Å². The maximum atomic E-state index is 13.7. The molecule has 0 bridgehead atoms. The minimum absolute atomic E-state index is 0.0298. The van der Waals surface area contributed by atoms with Crippen molar-refractivity contribution in [2.24, 2.45) is 0 Å². The molecule has 0 aliphatic carbocycles. The Bertz CT molecular complexity index is 1840. The van der Waals surface area contributed by atoms with Crippen molar-refractivity contribution in [3.8, 4) is 17.2 Å². The number of benzene rings is 2. The SMILES string of the molecule is C[Si](C)(C)CCOCn1nc(C(=O)Cc2cnn(Cc3cccc(C#N)c3)c2)c2ccc(-c3cnn(C4CCCCO4)c3)cc21. The van der Waals surface area contributed by atoms with Gasteiger partial charge in [-0.2, -0.15) is 20.6 Å². The van der Waals surface area contributed by atoms with Crippen molar-refractivity contribution in [1.29, 1.82) is 5.26 Å². The lowest BCUT2D eigenvalue weighted by molar-refractivity contribution is -0.0394. The lowest BCUT2D eigenvalue weighted by Crippen LogP contribution is -2.22. The van der Waals surface area contributed by atoms with Crippen LogP contribution in [0.3, 0.4) is 0 Å². The molecule has 1 saturated heterocycles. The van der Waals surface area contributed by atoms with E-state index in [1.807, 2.05) is 53.6 Å². The molecular weight excluding hydrogens is 583 g/mol. The number of rotatable bonds is 12. The number of nitriles is 1. The van der Waals surface area contributed by atoms with Crippen molar-refractivity contribution >= 4 is 24.8 Å². The largest absolute Gasteiger partial charge is 0.360 e. The number of carbonyl (C=O) groups is 1. The fraction of sp³-hybridized carbons (Fsp3) is 0.382. The second-order valence-electron chi connectivity index (χ2n) is 12.9. The third-order valence-corrected chi connectivity index (χ3v) is 9.77. The van der Waals surface area contributed by atoms with Crippen molar-refractivity contribution in [2.75, 3.05) is 13.2 Å². The average Bonchev–Trinajstić information content (AvgIpc) is 3.78. The maximum absolute atomic E-state index is 13.7. The van der Waals surface area contributed by atoms with Crippen LogP contribution in [0.1, 0.15) is 52.7 Å². The summed E-state index contributed by atoms with van der Waals surface area (Å²) in [5, 5.41) is 23.8. The molecule has 6 rings (SSSR count). The van der Waals surface area contributed by atoms with Gasteiger partial charge in [0.25, 0.3) is 0 Å². The number of nitrogens with zero attached hydrogens (tertiary/aromatic N) is 7. The Morgan fingerprint density at radius 2 is 1.96 bits per heavy atom. The summed E-state index contributed by atoms with van der Waals surface area (Å²) in [5.74, 6) is -0.0816. The van der Waals surface area contributed by atoms with Crippen molar-refractivity contribution in [3.05, 3.63) is 89.6 Å². The Labute approximate surface area is 264 Å². The van der Waals surface area contributed by atoms with Crippen molar-refractivity contribution in [2.45, 2.75) is 70.9 Å². The molecule has 1 atom stereocenters. The molecule has 0 spiro atoms. The van der Waals surface area contributed by atoms with Gasteiger partial charge in [-0.05, 0) is 66.3 Å². The summed E-state index contributed by atoms with van der Waals surface area (Å²) in [4.78, 5) is 13.7. The number of ether oxygens (including phenoxy) is 2. The summed E-state index contributed by atoms with van der Waals surface area (Å²) in [6.45, 7) is 9.18. The topological polar surface area (TPSA) is 113 Å². The second kappa shape index (κ2) is 13.3. The van der Waals surface area contributed by atoms with E-state index in [0.29, 0.717) is 24.4 Å². The smallest absolute Gasteiger partial charge is 0.188 e. The number of Topliss-reactive ketones (excluding diaryl/α,β-unsaturated/α-hetero) is 1. The van der Waals surface area contributed by atoms with E-state index in [4.69, 9.17) is 14.6 Å². The third-order valence-electron chi connectivity index (χ3n) is 8.06. The van der Waals surface area contributed by atoms with E-state index in [1.165, 1.54) is 0 Å². The number of carbonyl (C=O) groups excluding carboxylic acids is 1. The summed E-state index contributed by atoms with van der Waals surface area (Å²) in [5.41, 5.74) is 5.63. The molecule has 4 heterocycles. The number of aromatic nitrogens is 6. The number of hydrogen-bond acceptors (Lipinski definition) is 7. The van der Waals surface area contributed by atoms with Crippen LogP contribution in [0.2, 0.25) is 25.7 Å². The molecule has 0 N–H and O–H groups in total. The lowest BCUT2D eigenvalue weighted by Gasteiger charge is -2.22. The van der Waals surface area contributed by atoms with Crippen molar-refractivity contribution in [1.82, 2.24) is 29.3 Å². The molecule has 45 heavy (non-hydrogen) atoms. The first-order valence-electron chi connectivity index (χ1n) is 15.5. The molecule has 11 heteroatoms. The van der Waals surface area contributed by atoms with E-state index < -0.39 is 8.07 Å². The Morgan fingerprint density at radius 3 is 2.76 bits per heavy atom. The zero-order valence-electron chi connectivity index (χ0n) is 26.1. The highest BCUT2D eigenvalue weighted by Gasteiger charge is 2.21. The first-order chi connectivity index (χ1) is 21.8. The highest BCUT2D eigenvalue weighted by Crippen LogP contribution is 2.29. The van der Waals surface area contributed by atoms with Gasteiger partial charge >= 0.3 is 0 Å². The van der Waals surface area contributed by atoms with E-state index in [2.05, 4.69) is 42.0 Å². The molecule has 232 valence electrons. The standard InChI is InChI=1S/C34H39N7O3Si/c1-45(2,3)14-13-43-24-41-31-17-28(29-20-37-40(23-29)33-9-4-5-12-44-33)10-11-30(31)34(38-41)32(42)16-27-19-36-39(22-27)21-26-8-6-7-25(15-26)18-35/h6-8,10-11,15,17,19-20,22-23,33H,4-5,9,12-14,16,21,24H2,1-3H3. The summed E-state index contributed by atoms with van der Waals surface area (Å²) >= 11 is 0. The molecule has 3 aromatic heterocycles. The minimum atomic E-state index is -1.25. The van der Waals surface area contributed by atoms with Crippen LogP contribution >= 0.6 is 0 Å². The first-order valence-corrected chi connectivity index (χ1v) is 19.2. The predicted octanol–water partition coefficient (Wildman–Crippen LogP) is 6.45. The van der Waals surface area contributed by atoms with Crippen LogP contribution < -0.4 is 0 Å². The van der Waals surface area contributed by atoms with Crippen LogP contribution in [0.5, 0.6) is 0 Å². The van der Waals surface area contributed by atoms with Gasteiger partial charge in [-0.1, -0.05) is 37.8 Å². The Balaban J connectivity index is 1.23. The molecule has 1 aliphatic rings. The molecule has 10 nitrogen and oxygen atoms in total. The predicted molar refractivity (Wildman–Crippen MR) is 174 cm³/mol. The van der Waals surface area contributed by atoms with Gasteiger partial charge in [-0.3, -0.25) is 9.48 Å². The molecule has 0 saturated carbocycles. The molecule has 1 fully saturated rings. The monoisotopic (exact) mass is 621 g/mol. The number of ketones is 1. The third kappa shape index (κ3) is 7.48. The zero-order valence-corrected chi connectivity index (χ0v) is 27.1. The summed E-state index contributed by atoms with van der Waals surface area (Å²) in [6.07, 6.45) is 10.8. The van der Waals surface area contributed by atoms with E-state index >= 15 is 0 Å². The Morgan fingerprint density at radius 1 is 1.07 bits per heavy atom. The fourth-order valence-electron chi connectivity index (χ4n) is 5.54. The quantitative estimate of drug-likeness (QED) is 0.0893. The van der Waals surface area contributed by atoms with Crippen molar-refractivity contribution in [3.63, 3.8) is 0 Å². The fourth-order valence-corrected chi connectivity index (χ4v) is 6.30. The minimum Gasteiger partial charge on any atom is -0.360 e. The van der Waals surface area contributed by atoms with Crippen LogP contribution in [0.4, 0.5) is 0 Å². The molecule has 0 radical (unpaired) electrons. The summed E-state index contributed by atoms with van der Waals surface area (Å²) < 4.78 is 17.5. The molecule has 1 aliphatic heterocycles. The zero-order chi connectivity index (χ0) is 31.4. The van der Waals surface area contributed by atoms with Gasteiger partial charge in [-0.15, -0.1) is 0 Å². The van der Waals surface area contributed by atoms with Gasteiger partial charge in [0.2, 0.25) is 0 Å². The van der Waals surface area contributed by atoms with Crippen LogP contribution in [0, 0.1) is 11.3 Å². The number of hydrogen-bond donors (Lipinski definition) is 0. The van der Waals surface area contributed by atoms with Crippen LogP contribution in [0.25, 0.3) is 22.0 Å². The summed E-state index contributed by atoms with van der Waals surface area (Å²) in [6, 6.07) is 16.7. The van der Waals surface area contributed by atoms with E-state index in [-0.39, 0.29) is 25.2 Å². The van der Waals surface area contributed by atoms with Crippen LogP contribution in [-0.2, 0) is 29.2 Å². The van der Waals surface area contributed by atoms with Gasteiger partial charge in [-0.25, -0.2) is 9.36 Å². The van der Waals surface area contributed by atoms with Gasteiger partial charge in [0.15, 0.2) is 5.78 Å². The molecule has 1 unspecified atom stereocenters. The number of fused-ring (bicyclic) bond motifs is 1. The highest BCUT2D eigenvalue weighted by atomic mass is 28.3. The van der Waals surface area contributed by atoms with Gasteiger partial charge in [0, 0.05) is 51.1 Å². The lowest BCUT2D eigenvalue weighted by atomic mass is 10.0. The van der Waals surface area contributed by atoms with Crippen molar-refractivity contribution < 1.29 is 14.3 Å². The first kappa shape index (κ1) is 30.6. The Hall–Kier alpha value is -4.37.